The number of halogens is 4. The molecule has 0 saturated heterocycles. The number of aliphatic hydroxyl groups is 1. The summed E-state index contributed by atoms with van der Waals surface area (Å²) in [6.07, 6.45) is 0. The van der Waals surface area contributed by atoms with E-state index in [9.17, 15) is 18.3 Å². The second kappa shape index (κ2) is 9.01. The Morgan fingerprint density at radius 3 is 2.56 bits per heavy atom. The molecule has 4 N–H and O–H groups in total. The average Bonchev–Trinajstić information content (AvgIpc) is 3.17. The molecule has 0 fully saturated rings. The van der Waals surface area contributed by atoms with Crippen molar-refractivity contribution in [3.05, 3.63) is 69.1 Å². The molecule has 144 valence electrons. The van der Waals surface area contributed by atoms with Gasteiger partial charge in [0.15, 0.2) is 0 Å². The predicted molar refractivity (Wildman–Crippen MR) is 104 cm³/mol. The number of hydrogen-bond acceptors (Lipinski definition) is 6. The Hall–Kier alpha value is -1.68. The molecule has 0 saturated carbocycles. The zero-order valence-corrected chi connectivity index (χ0v) is 16.2. The monoisotopic (exact) mass is 433 g/mol. The van der Waals surface area contributed by atoms with E-state index < -0.39 is 24.1 Å². The summed E-state index contributed by atoms with van der Waals surface area (Å²) in [6, 6.07) is 4.55. The van der Waals surface area contributed by atoms with Crippen LogP contribution in [0.15, 0.2) is 40.4 Å². The van der Waals surface area contributed by atoms with E-state index in [4.69, 9.17) is 11.6 Å². The van der Waals surface area contributed by atoms with Gasteiger partial charge in [-0.15, -0.1) is 11.8 Å². The van der Waals surface area contributed by atoms with Gasteiger partial charge < -0.3 is 20.5 Å². The van der Waals surface area contributed by atoms with Crippen LogP contribution in [0.25, 0.3) is 0 Å². The summed E-state index contributed by atoms with van der Waals surface area (Å²) < 4.78 is 45.0. The van der Waals surface area contributed by atoms with Crippen LogP contribution in [-0.4, -0.2) is 11.0 Å². The normalized spacial score (nSPS) is 13.3. The molecule has 0 radical (unpaired) electrons. The van der Waals surface area contributed by atoms with Gasteiger partial charge >= 0.3 is 0 Å². The topological polar surface area (TPSA) is 56.3 Å². The first-order valence-electron chi connectivity index (χ1n) is 7.77. The molecule has 0 unspecified atom stereocenters. The van der Waals surface area contributed by atoms with E-state index in [0.717, 1.165) is 35.8 Å². The number of hydrogen-bond donors (Lipinski definition) is 4. The number of aliphatic hydroxyl groups excluding tert-OH is 1. The van der Waals surface area contributed by atoms with Crippen LogP contribution in [0.1, 0.15) is 11.1 Å². The number of anilines is 1. The minimum atomic E-state index is -0.709. The summed E-state index contributed by atoms with van der Waals surface area (Å²) in [7, 11) is 0. The molecular formula is C17H15ClF3N3OS2. The number of benzene rings is 2. The predicted octanol–water partition coefficient (Wildman–Crippen LogP) is 4.55. The highest BCUT2D eigenvalue weighted by atomic mass is 35.5. The van der Waals surface area contributed by atoms with E-state index in [1.165, 1.54) is 12.1 Å². The smallest absolute Gasteiger partial charge is 0.140 e. The van der Waals surface area contributed by atoms with Gasteiger partial charge in [-0.25, -0.2) is 13.2 Å². The molecule has 0 aliphatic carbocycles. The number of nitrogens with one attached hydrogen (secondary N) is 3. The molecule has 0 atom stereocenters. The Kier molecular flexibility index (Phi) is 6.69. The summed E-state index contributed by atoms with van der Waals surface area (Å²) in [5.74, 6) is -0.370. The molecule has 27 heavy (non-hydrogen) atoms. The Balaban J connectivity index is 1.73. The molecule has 4 nitrogen and oxygen atoms in total. The lowest BCUT2D eigenvalue weighted by molar-refractivity contribution is 0.273. The van der Waals surface area contributed by atoms with E-state index in [0.29, 0.717) is 0 Å². The maximum atomic E-state index is 14.3. The van der Waals surface area contributed by atoms with Gasteiger partial charge in [0, 0.05) is 23.1 Å². The van der Waals surface area contributed by atoms with Gasteiger partial charge in [0.25, 0.3) is 0 Å². The van der Waals surface area contributed by atoms with Gasteiger partial charge in [-0.1, -0.05) is 11.6 Å². The lowest BCUT2D eigenvalue weighted by Crippen LogP contribution is -2.16. The quantitative estimate of drug-likeness (QED) is 0.481. The van der Waals surface area contributed by atoms with E-state index in [1.807, 2.05) is 5.41 Å². The Bertz CT molecular complexity index is 883. The molecule has 0 bridgehead atoms. The van der Waals surface area contributed by atoms with Crippen LogP contribution in [0.4, 0.5) is 18.9 Å². The van der Waals surface area contributed by atoms with Gasteiger partial charge in [0.05, 0.1) is 28.1 Å². The van der Waals surface area contributed by atoms with Crippen molar-refractivity contribution < 1.29 is 18.3 Å². The summed E-state index contributed by atoms with van der Waals surface area (Å²) >= 11 is 8.84. The molecule has 0 amide bonds. The second-order valence-corrected chi connectivity index (χ2v) is 7.60. The molecule has 0 spiro atoms. The van der Waals surface area contributed by atoms with Crippen LogP contribution in [0.5, 0.6) is 0 Å². The molecule has 1 heterocycles. The van der Waals surface area contributed by atoms with Crippen molar-refractivity contribution in [1.29, 1.82) is 0 Å². The van der Waals surface area contributed by atoms with Gasteiger partial charge in [0.1, 0.15) is 23.3 Å². The summed E-state index contributed by atoms with van der Waals surface area (Å²) in [5, 5.41) is 17.2. The maximum absolute atomic E-state index is 14.3. The SMILES string of the molecule is OCc1c(F)ccc(F)c1CNc1cc(F)c(SNC2=CSCN2)cc1Cl. The Morgan fingerprint density at radius 2 is 1.89 bits per heavy atom. The van der Waals surface area contributed by atoms with Crippen molar-refractivity contribution in [2.75, 3.05) is 11.2 Å². The van der Waals surface area contributed by atoms with Crippen LogP contribution >= 0.6 is 35.3 Å². The first-order valence-corrected chi connectivity index (χ1v) is 10.0. The highest BCUT2D eigenvalue weighted by molar-refractivity contribution is 8.02. The maximum Gasteiger partial charge on any atom is 0.140 e. The van der Waals surface area contributed by atoms with Crippen LogP contribution in [-0.2, 0) is 13.2 Å². The van der Waals surface area contributed by atoms with Crippen molar-refractivity contribution in [3.63, 3.8) is 0 Å². The third kappa shape index (κ3) is 4.78. The molecule has 0 aromatic heterocycles. The lowest BCUT2D eigenvalue weighted by atomic mass is 10.1. The van der Waals surface area contributed by atoms with Crippen molar-refractivity contribution >= 4 is 41.0 Å². The van der Waals surface area contributed by atoms with Crippen LogP contribution in [0, 0.1) is 17.5 Å². The van der Waals surface area contributed by atoms with Crippen LogP contribution in [0.2, 0.25) is 5.02 Å². The third-order valence-electron chi connectivity index (χ3n) is 3.77. The average molecular weight is 434 g/mol. The fourth-order valence-corrected chi connectivity index (χ4v) is 4.07. The number of rotatable bonds is 7. The van der Waals surface area contributed by atoms with Crippen LogP contribution in [0.3, 0.4) is 0 Å². The first-order chi connectivity index (χ1) is 13.0. The zero-order valence-electron chi connectivity index (χ0n) is 13.8. The van der Waals surface area contributed by atoms with E-state index >= 15 is 0 Å². The molecule has 10 heteroatoms. The summed E-state index contributed by atoms with van der Waals surface area (Å²) in [4.78, 5) is 0.290. The highest BCUT2D eigenvalue weighted by Gasteiger charge is 2.15. The van der Waals surface area contributed by atoms with Crippen molar-refractivity contribution in [2.45, 2.75) is 18.0 Å². The zero-order chi connectivity index (χ0) is 19.4. The minimum absolute atomic E-state index is 0.0363. The fourth-order valence-electron chi connectivity index (χ4n) is 2.38. The first kappa shape index (κ1) is 20.1. The molecule has 1 aliphatic rings. The van der Waals surface area contributed by atoms with E-state index in [2.05, 4.69) is 15.4 Å². The second-order valence-electron chi connectivity index (χ2n) is 5.48. The van der Waals surface area contributed by atoms with Crippen LogP contribution < -0.4 is 15.4 Å². The summed E-state index contributed by atoms with van der Waals surface area (Å²) in [6.45, 7) is -0.802. The largest absolute Gasteiger partial charge is 0.392 e. The van der Waals surface area contributed by atoms with E-state index in [-0.39, 0.29) is 33.3 Å². The van der Waals surface area contributed by atoms with Crippen molar-refractivity contribution in [3.8, 4) is 0 Å². The molecule has 1 aliphatic heterocycles. The minimum Gasteiger partial charge on any atom is -0.392 e. The molecule has 2 aromatic carbocycles. The van der Waals surface area contributed by atoms with Gasteiger partial charge in [-0.05, 0) is 36.2 Å². The highest BCUT2D eigenvalue weighted by Crippen LogP contribution is 2.31. The molecular weight excluding hydrogens is 419 g/mol. The van der Waals surface area contributed by atoms with Crippen molar-refractivity contribution in [2.24, 2.45) is 0 Å². The fraction of sp³-hybridized carbons (Fsp3) is 0.176. The lowest BCUT2D eigenvalue weighted by Gasteiger charge is -2.14. The van der Waals surface area contributed by atoms with Gasteiger partial charge in [0.2, 0.25) is 0 Å². The molecule has 2 aromatic rings. The third-order valence-corrected chi connectivity index (χ3v) is 5.65. The Morgan fingerprint density at radius 1 is 1.15 bits per heavy atom. The standard InChI is InChI=1S/C17H15ClF3N3OS2/c18-11-3-16(27-24-17-7-26-8-23-17)14(21)4-15(11)22-5-9-10(6-25)13(20)2-1-12(9)19/h1-4,7,22-25H,5-6,8H2. The van der Waals surface area contributed by atoms with E-state index in [1.54, 1.807) is 11.8 Å². The van der Waals surface area contributed by atoms with Gasteiger partial charge in [-0.3, -0.25) is 0 Å². The summed E-state index contributed by atoms with van der Waals surface area (Å²) in [5.41, 5.74) is 0.0522. The number of thioether (sulfide) groups is 1. The van der Waals surface area contributed by atoms with Crippen molar-refractivity contribution in [1.82, 2.24) is 10.0 Å². The molecule has 3 rings (SSSR count). The van der Waals surface area contributed by atoms with Gasteiger partial charge in [-0.2, -0.15) is 0 Å². The Labute approximate surface area is 167 Å².